The molecule has 0 saturated carbocycles. The van der Waals surface area contributed by atoms with Crippen LogP contribution in [0.3, 0.4) is 0 Å². The van der Waals surface area contributed by atoms with Crippen molar-refractivity contribution in [2.45, 2.75) is 6.54 Å². The van der Waals surface area contributed by atoms with Gasteiger partial charge in [-0.15, -0.1) is 10.2 Å². The van der Waals surface area contributed by atoms with Crippen LogP contribution in [0.4, 0.5) is 4.39 Å². The Kier molecular flexibility index (Phi) is 3.08. The highest BCUT2D eigenvalue weighted by Gasteiger charge is 2.12. The molecular weight excluding hydrogens is 225 g/mol. The highest BCUT2D eigenvalue weighted by Crippen LogP contribution is 2.03. The molecule has 0 aliphatic rings. The molecule has 17 heavy (non-hydrogen) atoms. The van der Waals surface area contributed by atoms with Crippen molar-refractivity contribution < 1.29 is 9.18 Å². The van der Waals surface area contributed by atoms with Crippen molar-refractivity contribution in [1.82, 2.24) is 25.1 Å². The third-order valence-corrected chi connectivity index (χ3v) is 2.22. The zero-order chi connectivity index (χ0) is 12.3. The van der Waals surface area contributed by atoms with Crippen LogP contribution in [0.5, 0.6) is 0 Å². The lowest BCUT2D eigenvalue weighted by atomic mass is 10.2. The lowest BCUT2D eigenvalue weighted by Gasteiger charge is -2.04. The van der Waals surface area contributed by atoms with Gasteiger partial charge >= 0.3 is 0 Å². The first-order valence-electron chi connectivity index (χ1n) is 4.90. The third-order valence-electron chi connectivity index (χ3n) is 2.22. The first-order valence-corrected chi connectivity index (χ1v) is 4.90. The molecule has 2 rings (SSSR count). The van der Waals surface area contributed by atoms with E-state index in [9.17, 15) is 9.18 Å². The SMILES string of the molecule is Cn1cnnc1CNC(=O)c1cccnc1F. The highest BCUT2D eigenvalue weighted by atomic mass is 19.1. The Morgan fingerprint density at radius 2 is 2.41 bits per heavy atom. The number of pyridine rings is 1. The molecule has 0 spiro atoms. The molecule has 0 aliphatic heterocycles. The molecule has 0 unspecified atom stereocenters. The van der Waals surface area contributed by atoms with Crippen molar-refractivity contribution in [1.29, 1.82) is 0 Å². The zero-order valence-electron chi connectivity index (χ0n) is 9.09. The van der Waals surface area contributed by atoms with Gasteiger partial charge in [0.25, 0.3) is 5.91 Å². The predicted molar refractivity (Wildman–Crippen MR) is 56.4 cm³/mol. The van der Waals surface area contributed by atoms with Gasteiger partial charge in [-0.1, -0.05) is 0 Å². The lowest BCUT2D eigenvalue weighted by Crippen LogP contribution is -2.25. The molecule has 0 bridgehead atoms. The summed E-state index contributed by atoms with van der Waals surface area (Å²) in [4.78, 5) is 15.0. The van der Waals surface area contributed by atoms with Crippen LogP contribution in [0, 0.1) is 5.95 Å². The summed E-state index contributed by atoms with van der Waals surface area (Å²) in [5.41, 5.74) is -0.0883. The van der Waals surface area contributed by atoms with E-state index in [4.69, 9.17) is 0 Å². The van der Waals surface area contributed by atoms with Crippen LogP contribution >= 0.6 is 0 Å². The minimum atomic E-state index is -0.789. The summed E-state index contributed by atoms with van der Waals surface area (Å²) in [7, 11) is 1.76. The number of carbonyl (C=O) groups is 1. The number of rotatable bonds is 3. The van der Waals surface area contributed by atoms with Gasteiger partial charge in [0.05, 0.1) is 12.1 Å². The van der Waals surface area contributed by atoms with Gasteiger partial charge in [0.15, 0.2) is 5.82 Å². The summed E-state index contributed by atoms with van der Waals surface area (Å²) >= 11 is 0. The summed E-state index contributed by atoms with van der Waals surface area (Å²) in [5.74, 6) is -0.732. The van der Waals surface area contributed by atoms with Gasteiger partial charge in [-0.25, -0.2) is 4.98 Å². The Bertz CT molecular complexity index is 539. The normalized spacial score (nSPS) is 10.2. The second-order valence-electron chi connectivity index (χ2n) is 3.38. The predicted octanol–water partition coefficient (Wildman–Crippen LogP) is 0.279. The monoisotopic (exact) mass is 235 g/mol. The lowest BCUT2D eigenvalue weighted by molar-refractivity contribution is 0.0944. The van der Waals surface area contributed by atoms with Crippen LogP contribution in [0.1, 0.15) is 16.2 Å². The molecule has 2 aromatic rings. The first kappa shape index (κ1) is 11.2. The molecular formula is C10H10FN5O. The van der Waals surface area contributed by atoms with Gasteiger partial charge in [-0.2, -0.15) is 4.39 Å². The number of amides is 1. The molecule has 0 aromatic carbocycles. The zero-order valence-corrected chi connectivity index (χ0v) is 9.09. The van der Waals surface area contributed by atoms with E-state index in [1.807, 2.05) is 0 Å². The van der Waals surface area contributed by atoms with E-state index >= 15 is 0 Å². The number of aryl methyl sites for hydroxylation is 1. The van der Waals surface area contributed by atoms with Crippen LogP contribution in [0.2, 0.25) is 0 Å². The average Bonchev–Trinajstić information content (AvgIpc) is 2.72. The summed E-state index contributed by atoms with van der Waals surface area (Å²) in [6, 6.07) is 2.87. The molecule has 0 saturated heterocycles. The summed E-state index contributed by atoms with van der Waals surface area (Å²) < 4.78 is 14.8. The number of nitrogens with zero attached hydrogens (tertiary/aromatic N) is 4. The molecule has 1 N–H and O–H groups in total. The van der Waals surface area contributed by atoms with Crippen LogP contribution in [0.15, 0.2) is 24.7 Å². The van der Waals surface area contributed by atoms with E-state index < -0.39 is 11.9 Å². The maximum atomic E-state index is 13.2. The van der Waals surface area contributed by atoms with E-state index in [0.717, 1.165) is 0 Å². The maximum Gasteiger partial charge on any atom is 0.256 e. The van der Waals surface area contributed by atoms with Crippen LogP contribution in [0.25, 0.3) is 0 Å². The van der Waals surface area contributed by atoms with Crippen molar-refractivity contribution >= 4 is 5.91 Å². The fourth-order valence-electron chi connectivity index (χ4n) is 1.28. The molecule has 0 fully saturated rings. The van der Waals surface area contributed by atoms with E-state index in [-0.39, 0.29) is 12.1 Å². The molecule has 2 heterocycles. The first-order chi connectivity index (χ1) is 8.18. The van der Waals surface area contributed by atoms with Gasteiger partial charge in [-0.3, -0.25) is 4.79 Å². The number of hydrogen-bond acceptors (Lipinski definition) is 4. The van der Waals surface area contributed by atoms with E-state index in [2.05, 4.69) is 20.5 Å². The Labute approximate surface area is 96.5 Å². The minimum Gasteiger partial charge on any atom is -0.345 e. The topological polar surface area (TPSA) is 72.7 Å². The molecule has 6 nitrogen and oxygen atoms in total. The minimum absolute atomic E-state index is 0.0883. The summed E-state index contributed by atoms with van der Waals surface area (Å²) in [6.45, 7) is 0.184. The molecule has 7 heteroatoms. The van der Waals surface area contributed by atoms with E-state index in [1.165, 1.54) is 24.7 Å². The number of aromatic nitrogens is 4. The van der Waals surface area contributed by atoms with Crippen molar-refractivity contribution in [3.8, 4) is 0 Å². The molecule has 2 aromatic heterocycles. The van der Waals surface area contributed by atoms with Gasteiger partial charge < -0.3 is 9.88 Å². The quantitative estimate of drug-likeness (QED) is 0.775. The smallest absolute Gasteiger partial charge is 0.256 e. The Morgan fingerprint density at radius 3 is 3.06 bits per heavy atom. The van der Waals surface area contributed by atoms with Crippen LogP contribution < -0.4 is 5.32 Å². The molecule has 88 valence electrons. The molecule has 0 atom stereocenters. The number of halogens is 1. The second-order valence-corrected chi connectivity index (χ2v) is 3.38. The largest absolute Gasteiger partial charge is 0.345 e. The second kappa shape index (κ2) is 4.69. The highest BCUT2D eigenvalue weighted by molar-refractivity contribution is 5.93. The Morgan fingerprint density at radius 1 is 1.59 bits per heavy atom. The van der Waals surface area contributed by atoms with Crippen LogP contribution in [-0.4, -0.2) is 25.7 Å². The van der Waals surface area contributed by atoms with Crippen molar-refractivity contribution in [2.24, 2.45) is 7.05 Å². The summed E-state index contributed by atoms with van der Waals surface area (Å²) in [6.07, 6.45) is 2.81. The average molecular weight is 235 g/mol. The maximum absolute atomic E-state index is 13.2. The van der Waals surface area contributed by atoms with Crippen molar-refractivity contribution in [3.63, 3.8) is 0 Å². The van der Waals surface area contributed by atoms with Gasteiger partial charge in [0, 0.05) is 13.2 Å². The van der Waals surface area contributed by atoms with Gasteiger partial charge in [0.1, 0.15) is 6.33 Å². The molecule has 0 aliphatic carbocycles. The van der Waals surface area contributed by atoms with Crippen molar-refractivity contribution in [2.75, 3.05) is 0 Å². The third kappa shape index (κ3) is 2.44. The molecule has 0 radical (unpaired) electrons. The number of hydrogen-bond donors (Lipinski definition) is 1. The standard InChI is InChI=1S/C10H10FN5O/c1-16-6-14-15-8(16)5-13-10(17)7-3-2-4-12-9(7)11/h2-4,6H,5H2,1H3,(H,13,17). The number of carbonyl (C=O) groups excluding carboxylic acids is 1. The molecule has 1 amide bonds. The fourth-order valence-corrected chi connectivity index (χ4v) is 1.28. The number of nitrogens with one attached hydrogen (secondary N) is 1. The van der Waals surface area contributed by atoms with E-state index in [0.29, 0.717) is 5.82 Å². The van der Waals surface area contributed by atoms with Gasteiger partial charge in [-0.05, 0) is 12.1 Å². The summed E-state index contributed by atoms with van der Waals surface area (Å²) in [5, 5.41) is 10.00. The Balaban J connectivity index is 2.04. The van der Waals surface area contributed by atoms with Crippen molar-refractivity contribution in [3.05, 3.63) is 42.0 Å². The van der Waals surface area contributed by atoms with Gasteiger partial charge in [0.2, 0.25) is 5.95 Å². The Hall–Kier alpha value is -2.31. The van der Waals surface area contributed by atoms with E-state index in [1.54, 1.807) is 11.6 Å². The van der Waals surface area contributed by atoms with Crippen LogP contribution in [-0.2, 0) is 13.6 Å². The fraction of sp³-hybridized carbons (Fsp3) is 0.200.